The quantitative estimate of drug-likeness (QED) is 0.700. The summed E-state index contributed by atoms with van der Waals surface area (Å²) < 4.78 is 5.21. The maximum atomic E-state index is 12.9. The summed E-state index contributed by atoms with van der Waals surface area (Å²) >= 11 is 0. The molecular weight excluding hydrogens is 328 g/mol. The number of rotatable bonds is 5. The highest BCUT2D eigenvalue weighted by atomic mass is 16.5. The number of benzene rings is 1. The lowest BCUT2D eigenvalue weighted by atomic mass is 10.1. The maximum Gasteiger partial charge on any atom is 0.255 e. The number of nitrogens with zero attached hydrogens (tertiary/aromatic N) is 4. The molecular formula is C20H24N4O2. The van der Waals surface area contributed by atoms with Crippen LogP contribution < -0.4 is 0 Å². The molecule has 3 rings (SSSR count). The van der Waals surface area contributed by atoms with Crippen LogP contribution in [-0.4, -0.2) is 39.5 Å². The fourth-order valence-electron chi connectivity index (χ4n) is 2.79. The van der Waals surface area contributed by atoms with Crippen molar-refractivity contribution < 1.29 is 9.32 Å². The van der Waals surface area contributed by atoms with E-state index in [2.05, 4.69) is 15.1 Å². The molecule has 0 aliphatic carbocycles. The predicted molar refractivity (Wildman–Crippen MR) is 100 cm³/mol. The summed E-state index contributed by atoms with van der Waals surface area (Å²) in [6, 6.07) is 7.98. The first-order chi connectivity index (χ1) is 12.3. The number of pyridine rings is 1. The van der Waals surface area contributed by atoms with Gasteiger partial charge in [0.05, 0.1) is 16.8 Å². The van der Waals surface area contributed by atoms with E-state index in [1.54, 1.807) is 11.9 Å². The van der Waals surface area contributed by atoms with Crippen LogP contribution in [0.1, 0.15) is 53.1 Å². The zero-order valence-electron chi connectivity index (χ0n) is 15.9. The zero-order chi connectivity index (χ0) is 18.8. The molecule has 0 atom stereocenters. The molecule has 2 heterocycles. The van der Waals surface area contributed by atoms with Crippen molar-refractivity contribution in [2.24, 2.45) is 0 Å². The summed E-state index contributed by atoms with van der Waals surface area (Å²) in [6.07, 6.45) is 0.553. The number of aromatic nitrogens is 3. The largest absolute Gasteiger partial charge is 0.341 e. The van der Waals surface area contributed by atoms with Crippen LogP contribution in [0.2, 0.25) is 0 Å². The molecule has 6 heteroatoms. The normalized spacial score (nSPS) is 11.3. The van der Waals surface area contributed by atoms with Gasteiger partial charge < -0.3 is 9.42 Å². The van der Waals surface area contributed by atoms with Gasteiger partial charge in [-0.15, -0.1) is 0 Å². The minimum Gasteiger partial charge on any atom is -0.341 e. The van der Waals surface area contributed by atoms with Crippen LogP contribution in [0.5, 0.6) is 0 Å². The summed E-state index contributed by atoms with van der Waals surface area (Å²) in [6.45, 7) is 8.42. The second-order valence-corrected chi connectivity index (χ2v) is 7.00. The van der Waals surface area contributed by atoms with Crippen LogP contribution in [0.4, 0.5) is 0 Å². The third kappa shape index (κ3) is 3.74. The van der Waals surface area contributed by atoms with E-state index in [4.69, 9.17) is 4.52 Å². The van der Waals surface area contributed by atoms with E-state index < -0.39 is 0 Å². The van der Waals surface area contributed by atoms with Gasteiger partial charge in [-0.2, -0.15) is 4.98 Å². The number of hydrogen-bond donors (Lipinski definition) is 0. The van der Waals surface area contributed by atoms with Gasteiger partial charge in [-0.1, -0.05) is 30.6 Å². The third-order valence-electron chi connectivity index (χ3n) is 4.39. The van der Waals surface area contributed by atoms with Crippen LogP contribution in [0, 0.1) is 13.8 Å². The van der Waals surface area contributed by atoms with Gasteiger partial charge in [0.1, 0.15) is 0 Å². The molecule has 0 bridgehead atoms. The van der Waals surface area contributed by atoms with Gasteiger partial charge in [0.15, 0.2) is 5.82 Å². The zero-order valence-corrected chi connectivity index (χ0v) is 15.9. The predicted octanol–water partition coefficient (Wildman–Crippen LogP) is 3.67. The molecule has 0 radical (unpaired) electrons. The van der Waals surface area contributed by atoms with Gasteiger partial charge >= 0.3 is 0 Å². The van der Waals surface area contributed by atoms with E-state index in [0.29, 0.717) is 30.2 Å². The number of likely N-dealkylation sites (N-methyl/N-ethyl adjacent to an activating group) is 1. The van der Waals surface area contributed by atoms with E-state index in [1.807, 2.05) is 52.0 Å². The number of carbonyl (C=O) groups excluding carboxylic acids is 1. The van der Waals surface area contributed by atoms with Crippen molar-refractivity contribution in [2.75, 3.05) is 13.6 Å². The summed E-state index contributed by atoms with van der Waals surface area (Å²) in [5.41, 5.74) is 3.41. The summed E-state index contributed by atoms with van der Waals surface area (Å²) in [5.74, 6) is 1.40. The first kappa shape index (κ1) is 18.0. The average Bonchev–Trinajstić information content (AvgIpc) is 3.08. The monoisotopic (exact) mass is 352 g/mol. The highest BCUT2D eigenvalue weighted by Crippen LogP contribution is 2.19. The first-order valence-corrected chi connectivity index (χ1v) is 8.81. The smallest absolute Gasteiger partial charge is 0.255 e. The number of hydrogen-bond acceptors (Lipinski definition) is 5. The van der Waals surface area contributed by atoms with Crippen LogP contribution >= 0.6 is 0 Å². The molecule has 6 nitrogen and oxygen atoms in total. The molecule has 0 saturated heterocycles. The minimum atomic E-state index is -0.0500. The Kier molecular flexibility index (Phi) is 5.02. The number of fused-ring (bicyclic) bond motifs is 1. The molecule has 0 saturated carbocycles. The van der Waals surface area contributed by atoms with Crippen molar-refractivity contribution in [3.05, 3.63) is 52.8 Å². The van der Waals surface area contributed by atoms with Crippen molar-refractivity contribution >= 4 is 16.8 Å². The van der Waals surface area contributed by atoms with Crippen molar-refractivity contribution in [1.29, 1.82) is 0 Å². The molecule has 2 aromatic heterocycles. The number of amides is 1. The summed E-state index contributed by atoms with van der Waals surface area (Å²) in [5, 5.41) is 4.95. The molecule has 0 N–H and O–H groups in total. The Bertz CT molecular complexity index is 946. The summed E-state index contributed by atoms with van der Waals surface area (Å²) in [4.78, 5) is 23.5. The van der Waals surface area contributed by atoms with E-state index in [9.17, 15) is 4.79 Å². The van der Waals surface area contributed by atoms with Crippen molar-refractivity contribution in [1.82, 2.24) is 20.0 Å². The van der Waals surface area contributed by atoms with Crippen molar-refractivity contribution in [2.45, 2.75) is 40.0 Å². The Morgan fingerprint density at radius 2 is 1.96 bits per heavy atom. The van der Waals surface area contributed by atoms with Gasteiger partial charge in [-0.05, 0) is 32.0 Å². The Hall–Kier alpha value is -2.76. The highest BCUT2D eigenvalue weighted by molar-refractivity contribution is 5.98. The third-order valence-corrected chi connectivity index (χ3v) is 4.39. The van der Waals surface area contributed by atoms with Gasteiger partial charge in [0.2, 0.25) is 5.89 Å². The molecule has 0 aliphatic rings. The first-order valence-electron chi connectivity index (χ1n) is 8.81. The Morgan fingerprint density at radius 1 is 1.19 bits per heavy atom. The molecule has 0 fully saturated rings. The van der Waals surface area contributed by atoms with Gasteiger partial charge in [-0.3, -0.25) is 9.78 Å². The topological polar surface area (TPSA) is 72.1 Å². The summed E-state index contributed by atoms with van der Waals surface area (Å²) in [7, 11) is 1.78. The lowest BCUT2D eigenvalue weighted by Crippen LogP contribution is -2.29. The lowest BCUT2D eigenvalue weighted by molar-refractivity contribution is 0.0795. The molecule has 0 unspecified atom stereocenters. The van der Waals surface area contributed by atoms with Crippen LogP contribution in [0.3, 0.4) is 0 Å². The fraction of sp³-hybridized carbons (Fsp3) is 0.400. The van der Waals surface area contributed by atoms with E-state index in [1.165, 1.54) is 0 Å². The highest BCUT2D eigenvalue weighted by Gasteiger charge is 2.17. The SMILES string of the molecule is Cc1ccc2nc(C)c(C(=O)N(C)CCc3noc(C(C)C)n3)cc2c1. The van der Waals surface area contributed by atoms with E-state index in [0.717, 1.165) is 22.2 Å². The Morgan fingerprint density at radius 3 is 2.65 bits per heavy atom. The van der Waals surface area contributed by atoms with E-state index >= 15 is 0 Å². The average molecular weight is 352 g/mol. The lowest BCUT2D eigenvalue weighted by Gasteiger charge is -2.17. The molecule has 3 aromatic rings. The maximum absolute atomic E-state index is 12.9. The van der Waals surface area contributed by atoms with Gasteiger partial charge in [-0.25, -0.2) is 0 Å². The molecule has 136 valence electrons. The Labute approximate surface area is 153 Å². The van der Waals surface area contributed by atoms with Crippen LogP contribution in [-0.2, 0) is 6.42 Å². The molecule has 0 spiro atoms. The standard InChI is InChI=1S/C20H24N4O2/c1-12(2)19-22-18(23-26-19)8-9-24(5)20(25)16-11-15-10-13(3)6-7-17(15)21-14(16)4/h6-7,10-12H,8-9H2,1-5H3. The van der Waals surface area contributed by atoms with Crippen LogP contribution in [0.25, 0.3) is 10.9 Å². The molecule has 1 amide bonds. The number of carbonyl (C=O) groups is 1. The van der Waals surface area contributed by atoms with Crippen LogP contribution in [0.15, 0.2) is 28.8 Å². The van der Waals surface area contributed by atoms with Crippen molar-refractivity contribution in [3.8, 4) is 0 Å². The van der Waals surface area contributed by atoms with Gasteiger partial charge in [0.25, 0.3) is 5.91 Å². The number of aryl methyl sites for hydroxylation is 2. The van der Waals surface area contributed by atoms with Crippen molar-refractivity contribution in [3.63, 3.8) is 0 Å². The molecule has 0 aliphatic heterocycles. The molecule has 26 heavy (non-hydrogen) atoms. The second kappa shape index (κ2) is 7.23. The minimum absolute atomic E-state index is 0.0500. The van der Waals surface area contributed by atoms with E-state index in [-0.39, 0.29) is 11.8 Å². The molecule has 1 aromatic carbocycles. The fourth-order valence-corrected chi connectivity index (χ4v) is 2.79. The van der Waals surface area contributed by atoms with Gasteiger partial charge in [0, 0.05) is 31.3 Å². The Balaban J connectivity index is 1.75. The second-order valence-electron chi connectivity index (χ2n) is 7.00.